The highest BCUT2D eigenvalue weighted by Crippen LogP contribution is 2.34. The quantitative estimate of drug-likeness (QED) is 0.261. The second kappa shape index (κ2) is 9.65. The number of rotatable bonds is 7. The van der Waals surface area contributed by atoms with Crippen molar-refractivity contribution in [1.82, 2.24) is 29.5 Å². The Labute approximate surface area is 216 Å². The van der Waals surface area contributed by atoms with E-state index < -0.39 is 11.8 Å². The van der Waals surface area contributed by atoms with Crippen LogP contribution in [0.25, 0.3) is 5.65 Å². The lowest BCUT2D eigenvalue weighted by Crippen LogP contribution is -2.26. The summed E-state index contributed by atoms with van der Waals surface area (Å²) in [7, 11) is 0. The zero-order chi connectivity index (χ0) is 26.1. The molecule has 5 aromatic rings. The number of hydrogen-bond acceptors (Lipinski definition) is 8. The van der Waals surface area contributed by atoms with E-state index in [1.165, 1.54) is 6.07 Å². The fourth-order valence-electron chi connectivity index (χ4n) is 4.59. The minimum absolute atomic E-state index is 0.0928. The maximum absolute atomic E-state index is 12.8. The minimum Gasteiger partial charge on any atom is -0.366 e. The lowest BCUT2D eigenvalue weighted by Gasteiger charge is -2.24. The standard InChI is InChI=1S/C26H24N10O2/c27-23(37)16-6-3-7-17(14-16)29-24(38)19-15-21(34-33-19)30-25-32-26(31-22-10-5-13-36(22)25)35-12-4-9-20(35)18-8-1-2-11-28-18/h1-3,5-8,10-11,13-15,20H,4,9,12H2,(H2,27,37)(H,29,38)(H2,30,31,32,33,34). The second-order valence-corrected chi connectivity index (χ2v) is 8.88. The molecule has 4 aromatic heterocycles. The maximum atomic E-state index is 12.8. The summed E-state index contributed by atoms with van der Waals surface area (Å²) in [5.41, 5.74) is 8.01. The largest absolute Gasteiger partial charge is 0.366 e. The van der Waals surface area contributed by atoms with Crippen molar-refractivity contribution in [3.05, 3.63) is 90.0 Å². The van der Waals surface area contributed by atoms with Gasteiger partial charge in [-0.25, -0.2) is 0 Å². The molecule has 2 amide bonds. The van der Waals surface area contributed by atoms with Gasteiger partial charge in [0.15, 0.2) is 5.82 Å². The van der Waals surface area contributed by atoms with Crippen LogP contribution in [0.4, 0.5) is 23.4 Å². The molecule has 0 bridgehead atoms. The molecule has 1 aliphatic heterocycles. The Balaban J connectivity index is 1.24. The van der Waals surface area contributed by atoms with Crippen LogP contribution < -0.4 is 21.3 Å². The van der Waals surface area contributed by atoms with E-state index in [0.29, 0.717) is 29.0 Å². The number of carbonyl (C=O) groups is 2. The first-order valence-corrected chi connectivity index (χ1v) is 12.1. The van der Waals surface area contributed by atoms with Crippen LogP contribution in [-0.2, 0) is 0 Å². The fourth-order valence-corrected chi connectivity index (χ4v) is 4.59. The van der Waals surface area contributed by atoms with Gasteiger partial charge in [0.05, 0.1) is 11.7 Å². The number of aromatic nitrogens is 6. The summed E-state index contributed by atoms with van der Waals surface area (Å²) in [6.07, 6.45) is 5.64. The van der Waals surface area contributed by atoms with Gasteiger partial charge in [-0.1, -0.05) is 12.1 Å². The van der Waals surface area contributed by atoms with Crippen molar-refractivity contribution >= 4 is 40.9 Å². The predicted molar refractivity (Wildman–Crippen MR) is 141 cm³/mol. The number of amides is 2. The maximum Gasteiger partial charge on any atom is 0.273 e. The zero-order valence-electron chi connectivity index (χ0n) is 20.2. The summed E-state index contributed by atoms with van der Waals surface area (Å²) >= 11 is 0. The topological polar surface area (TPSA) is 159 Å². The lowest BCUT2D eigenvalue weighted by molar-refractivity contribution is 0.0995. The Morgan fingerprint density at radius 3 is 2.82 bits per heavy atom. The Bertz CT molecular complexity index is 1630. The van der Waals surface area contributed by atoms with Crippen LogP contribution in [0.2, 0.25) is 0 Å². The molecule has 0 radical (unpaired) electrons. The molecule has 1 unspecified atom stereocenters. The lowest BCUT2D eigenvalue weighted by atomic mass is 10.1. The summed E-state index contributed by atoms with van der Waals surface area (Å²) < 4.78 is 1.82. The highest BCUT2D eigenvalue weighted by Gasteiger charge is 2.30. The van der Waals surface area contributed by atoms with E-state index in [-0.39, 0.29) is 11.7 Å². The molecule has 6 rings (SSSR count). The molecular weight excluding hydrogens is 484 g/mol. The molecular formula is C26H24N10O2. The van der Waals surface area contributed by atoms with Crippen LogP contribution in [0.3, 0.4) is 0 Å². The van der Waals surface area contributed by atoms with Crippen LogP contribution in [0, 0.1) is 0 Å². The molecule has 0 aliphatic carbocycles. The Morgan fingerprint density at radius 1 is 1.05 bits per heavy atom. The molecule has 1 fully saturated rings. The zero-order valence-corrected chi connectivity index (χ0v) is 20.2. The molecule has 12 nitrogen and oxygen atoms in total. The summed E-state index contributed by atoms with van der Waals surface area (Å²) in [6, 6.07) is 17.8. The SMILES string of the molecule is NC(=O)c1cccc(NC(=O)c2cc(Nc3nc(N4CCCC4c4ccccn4)nc4cccn34)n[nH]2)c1. The second-order valence-electron chi connectivity index (χ2n) is 8.88. The molecule has 1 atom stereocenters. The van der Waals surface area contributed by atoms with Gasteiger partial charge in [-0.05, 0) is 55.3 Å². The molecule has 38 heavy (non-hydrogen) atoms. The van der Waals surface area contributed by atoms with Gasteiger partial charge in [-0.2, -0.15) is 15.1 Å². The third kappa shape index (κ3) is 4.50. The van der Waals surface area contributed by atoms with E-state index in [9.17, 15) is 9.59 Å². The molecule has 5 heterocycles. The molecule has 1 aliphatic rings. The van der Waals surface area contributed by atoms with Gasteiger partial charge < -0.3 is 21.3 Å². The number of H-pyrrole nitrogens is 1. The number of fused-ring (bicyclic) bond motifs is 1. The average Bonchev–Trinajstić information content (AvgIpc) is 3.70. The van der Waals surface area contributed by atoms with Gasteiger partial charge in [0.25, 0.3) is 5.91 Å². The van der Waals surface area contributed by atoms with Gasteiger partial charge in [0, 0.05) is 36.3 Å². The third-order valence-electron chi connectivity index (χ3n) is 6.38. The van der Waals surface area contributed by atoms with Gasteiger partial charge in [0.2, 0.25) is 17.8 Å². The summed E-state index contributed by atoms with van der Waals surface area (Å²) in [6.45, 7) is 0.821. The normalized spacial score (nSPS) is 15.1. The first-order valence-electron chi connectivity index (χ1n) is 12.1. The van der Waals surface area contributed by atoms with Gasteiger partial charge >= 0.3 is 0 Å². The average molecular weight is 509 g/mol. The highest BCUT2D eigenvalue weighted by atomic mass is 16.2. The monoisotopic (exact) mass is 508 g/mol. The Kier molecular flexibility index (Phi) is 5.88. The van der Waals surface area contributed by atoms with Gasteiger partial charge in [-0.15, -0.1) is 0 Å². The van der Waals surface area contributed by atoms with Crippen molar-refractivity contribution in [3.8, 4) is 0 Å². The van der Waals surface area contributed by atoms with Gasteiger partial charge in [-0.3, -0.25) is 24.1 Å². The van der Waals surface area contributed by atoms with Crippen LogP contribution >= 0.6 is 0 Å². The van der Waals surface area contributed by atoms with E-state index in [2.05, 4.69) is 30.7 Å². The van der Waals surface area contributed by atoms with E-state index in [4.69, 9.17) is 15.7 Å². The number of hydrogen-bond donors (Lipinski definition) is 4. The molecule has 190 valence electrons. The predicted octanol–water partition coefficient (Wildman–Crippen LogP) is 3.28. The number of benzene rings is 1. The van der Waals surface area contributed by atoms with Crippen LogP contribution in [0.1, 0.15) is 45.4 Å². The van der Waals surface area contributed by atoms with Crippen molar-refractivity contribution in [2.45, 2.75) is 18.9 Å². The van der Waals surface area contributed by atoms with E-state index in [0.717, 1.165) is 30.7 Å². The van der Waals surface area contributed by atoms with Crippen LogP contribution in [-0.4, -0.2) is 47.9 Å². The van der Waals surface area contributed by atoms with Crippen molar-refractivity contribution in [2.75, 3.05) is 22.1 Å². The number of pyridine rings is 1. The third-order valence-corrected chi connectivity index (χ3v) is 6.38. The summed E-state index contributed by atoms with van der Waals surface area (Å²) in [5, 5.41) is 12.9. The molecule has 0 spiro atoms. The first kappa shape index (κ1) is 23.2. The number of carbonyl (C=O) groups excluding carboxylic acids is 2. The smallest absolute Gasteiger partial charge is 0.273 e. The number of anilines is 4. The molecule has 1 aromatic carbocycles. The first-order chi connectivity index (χ1) is 18.5. The van der Waals surface area contributed by atoms with Crippen molar-refractivity contribution in [2.24, 2.45) is 5.73 Å². The fraction of sp³-hybridized carbons (Fsp3) is 0.154. The molecule has 1 saturated heterocycles. The molecule has 0 saturated carbocycles. The Morgan fingerprint density at radius 2 is 1.97 bits per heavy atom. The molecule has 12 heteroatoms. The van der Waals surface area contributed by atoms with Crippen LogP contribution in [0.15, 0.2) is 73.1 Å². The van der Waals surface area contributed by atoms with Crippen molar-refractivity contribution in [3.63, 3.8) is 0 Å². The highest BCUT2D eigenvalue weighted by molar-refractivity contribution is 6.04. The summed E-state index contributed by atoms with van der Waals surface area (Å²) in [5.74, 6) is 0.513. The van der Waals surface area contributed by atoms with E-state index in [1.54, 1.807) is 30.5 Å². The van der Waals surface area contributed by atoms with Crippen molar-refractivity contribution in [1.29, 1.82) is 0 Å². The Hall–Kier alpha value is -5.26. The van der Waals surface area contributed by atoms with Crippen molar-refractivity contribution < 1.29 is 9.59 Å². The minimum atomic E-state index is -0.574. The van der Waals surface area contributed by atoms with E-state index >= 15 is 0 Å². The van der Waals surface area contributed by atoms with Crippen LogP contribution in [0.5, 0.6) is 0 Å². The number of aromatic amines is 1. The number of nitrogens with zero attached hydrogens (tertiary/aromatic N) is 6. The van der Waals surface area contributed by atoms with Gasteiger partial charge in [0.1, 0.15) is 11.3 Å². The number of primary amides is 1. The number of nitrogens with two attached hydrogens (primary N) is 1. The summed E-state index contributed by atoms with van der Waals surface area (Å²) in [4.78, 5) is 40.5. The molecule has 5 N–H and O–H groups in total. The number of nitrogens with one attached hydrogen (secondary N) is 3. The van der Waals surface area contributed by atoms with E-state index in [1.807, 2.05) is 40.9 Å².